The molecule has 4 rings (SSSR count). The third-order valence-electron chi connectivity index (χ3n) is 6.21. The average molecular weight is 519 g/mol. The lowest BCUT2D eigenvalue weighted by Gasteiger charge is -2.30. The number of alkyl halides is 3. The second-order valence-electron chi connectivity index (χ2n) is 9.19. The summed E-state index contributed by atoms with van der Waals surface area (Å²) in [5.41, 5.74) is 2.61. The minimum absolute atomic E-state index is 0.235. The molecule has 0 atom stereocenters. The van der Waals surface area contributed by atoms with Crippen LogP contribution in [0.3, 0.4) is 0 Å². The summed E-state index contributed by atoms with van der Waals surface area (Å²) in [4.78, 5) is 2.50. The zero-order valence-electron chi connectivity index (χ0n) is 20.2. The number of anilines is 2. The van der Waals surface area contributed by atoms with Gasteiger partial charge in [0, 0.05) is 40.8 Å². The summed E-state index contributed by atoms with van der Waals surface area (Å²) < 4.78 is 63.8. The van der Waals surface area contributed by atoms with E-state index in [4.69, 9.17) is 0 Å². The van der Waals surface area contributed by atoms with E-state index in [0.29, 0.717) is 11.1 Å². The van der Waals surface area contributed by atoms with Crippen molar-refractivity contribution in [1.82, 2.24) is 9.47 Å². The molecular weight excluding hydrogens is 489 g/mol. The van der Waals surface area contributed by atoms with Crippen LogP contribution in [-0.4, -0.2) is 63.0 Å². The lowest BCUT2D eigenvalue weighted by atomic mass is 10.0. The fraction of sp³-hybridized carbons (Fsp3) is 0.385. The smallest absolute Gasteiger partial charge is 0.382 e. The Morgan fingerprint density at radius 2 is 1.78 bits per heavy atom. The molecule has 1 aliphatic rings. The third kappa shape index (κ3) is 6.74. The highest BCUT2D eigenvalue weighted by Gasteiger charge is 2.28. The Labute approximate surface area is 209 Å². The zero-order chi connectivity index (χ0) is 25.9. The molecule has 0 radical (unpaired) electrons. The Morgan fingerprint density at radius 1 is 1.08 bits per heavy atom. The zero-order valence-corrected chi connectivity index (χ0v) is 21.0. The fourth-order valence-electron chi connectivity index (χ4n) is 4.30. The van der Waals surface area contributed by atoms with Crippen LogP contribution in [0.1, 0.15) is 18.4 Å². The molecule has 3 aromatic rings. The largest absolute Gasteiger partial charge is 0.406 e. The van der Waals surface area contributed by atoms with E-state index in [9.17, 15) is 21.6 Å². The molecule has 0 aliphatic carbocycles. The predicted octanol–water partition coefficient (Wildman–Crippen LogP) is 4.58. The summed E-state index contributed by atoms with van der Waals surface area (Å²) in [7, 11) is -1.18. The van der Waals surface area contributed by atoms with E-state index in [1.165, 1.54) is 22.9 Å². The normalized spacial score (nSPS) is 15.5. The van der Waals surface area contributed by atoms with Crippen LogP contribution in [0.25, 0.3) is 10.9 Å². The number of nitrogens with zero attached hydrogens (tertiary/aromatic N) is 2. The Hall–Kier alpha value is -3.16. The highest BCUT2D eigenvalue weighted by Crippen LogP contribution is 2.30. The number of halogens is 3. The summed E-state index contributed by atoms with van der Waals surface area (Å²) in [6.07, 6.45) is 0.208. The van der Waals surface area contributed by atoms with E-state index in [2.05, 4.69) is 34.4 Å². The monoisotopic (exact) mass is 518 g/mol. The molecule has 1 saturated heterocycles. The molecule has 1 aromatic heterocycles. The molecule has 0 amide bonds. The van der Waals surface area contributed by atoms with E-state index in [0.717, 1.165) is 48.9 Å². The van der Waals surface area contributed by atoms with Gasteiger partial charge in [-0.05, 0) is 75.4 Å². The summed E-state index contributed by atoms with van der Waals surface area (Å²) in [6.45, 7) is 1.15. The van der Waals surface area contributed by atoms with Crippen molar-refractivity contribution >= 4 is 32.1 Å². The molecule has 2 aromatic carbocycles. The molecule has 6 nitrogen and oxygen atoms in total. The van der Waals surface area contributed by atoms with E-state index in [1.54, 1.807) is 24.3 Å². The van der Waals surface area contributed by atoms with Crippen molar-refractivity contribution in [3.05, 3.63) is 54.2 Å². The van der Waals surface area contributed by atoms with Gasteiger partial charge in [-0.3, -0.25) is 0 Å². The molecule has 1 aliphatic heterocycles. The van der Waals surface area contributed by atoms with Gasteiger partial charge in [-0.25, -0.2) is 8.42 Å². The first-order chi connectivity index (χ1) is 17.0. The van der Waals surface area contributed by atoms with Crippen molar-refractivity contribution in [2.24, 2.45) is 0 Å². The maximum atomic E-state index is 13.1. The SMILES string of the molecule is CN1CCC(Nc2cc(C#CCNc3ccc(S(C)(=O)=O)cc3)cc3c2ccn3CC(F)(F)F)CC1. The number of rotatable bonds is 6. The van der Waals surface area contributed by atoms with Gasteiger partial charge in [0.25, 0.3) is 0 Å². The molecule has 36 heavy (non-hydrogen) atoms. The van der Waals surface area contributed by atoms with Gasteiger partial charge in [-0.2, -0.15) is 13.2 Å². The van der Waals surface area contributed by atoms with Crippen LogP contribution in [0.15, 0.2) is 53.6 Å². The van der Waals surface area contributed by atoms with Crippen LogP contribution in [0.5, 0.6) is 0 Å². The molecular formula is C26H29F3N4O2S. The lowest BCUT2D eigenvalue weighted by Crippen LogP contribution is -2.36. The number of sulfone groups is 1. The Morgan fingerprint density at radius 3 is 2.42 bits per heavy atom. The van der Waals surface area contributed by atoms with Gasteiger partial charge in [-0.15, -0.1) is 0 Å². The first-order valence-corrected chi connectivity index (χ1v) is 13.5. The topological polar surface area (TPSA) is 66.4 Å². The lowest BCUT2D eigenvalue weighted by molar-refractivity contribution is -0.139. The molecule has 2 N–H and O–H groups in total. The molecule has 0 bridgehead atoms. The van der Waals surface area contributed by atoms with Crippen LogP contribution in [0.4, 0.5) is 24.5 Å². The predicted molar refractivity (Wildman–Crippen MR) is 137 cm³/mol. The molecule has 0 spiro atoms. The van der Waals surface area contributed by atoms with Crippen LogP contribution in [-0.2, 0) is 16.4 Å². The van der Waals surface area contributed by atoms with Gasteiger partial charge in [0.05, 0.1) is 17.0 Å². The standard InChI is InChI=1S/C26H29F3N4O2S/c1-32-13-9-21(10-14-32)31-24-16-19(17-25-23(24)11-15-33(25)18-26(27,28)29)4-3-12-30-20-5-7-22(8-6-20)36(2,34)35/h5-8,11,15-17,21,30-31H,9-10,12-14,18H2,1-2H3. The summed E-state index contributed by atoms with van der Waals surface area (Å²) in [6, 6.07) is 11.9. The number of likely N-dealkylation sites (tertiary alicyclic amines) is 1. The molecule has 0 unspecified atom stereocenters. The quantitative estimate of drug-likeness (QED) is 0.468. The first kappa shape index (κ1) is 25.9. The number of benzene rings is 2. The third-order valence-corrected chi connectivity index (χ3v) is 7.34. The van der Waals surface area contributed by atoms with Crippen molar-refractivity contribution < 1.29 is 21.6 Å². The van der Waals surface area contributed by atoms with Gasteiger partial charge in [0.15, 0.2) is 9.84 Å². The maximum Gasteiger partial charge on any atom is 0.406 e. The van der Waals surface area contributed by atoms with Crippen molar-refractivity contribution in [2.45, 2.75) is 36.5 Å². The summed E-state index contributed by atoms with van der Waals surface area (Å²) >= 11 is 0. The number of fused-ring (bicyclic) bond motifs is 1. The van der Waals surface area contributed by atoms with Crippen LogP contribution in [0, 0.1) is 11.8 Å². The second kappa shape index (κ2) is 10.4. The van der Waals surface area contributed by atoms with Gasteiger partial charge >= 0.3 is 6.18 Å². The number of aromatic nitrogens is 1. The molecule has 10 heteroatoms. The Bertz CT molecular complexity index is 1380. The number of hydrogen-bond donors (Lipinski definition) is 2. The first-order valence-electron chi connectivity index (χ1n) is 11.7. The van der Waals surface area contributed by atoms with Gasteiger partial charge in [-0.1, -0.05) is 11.8 Å². The number of nitrogens with one attached hydrogen (secondary N) is 2. The molecule has 2 heterocycles. The highest BCUT2D eigenvalue weighted by atomic mass is 32.2. The second-order valence-corrected chi connectivity index (χ2v) is 11.2. The maximum absolute atomic E-state index is 13.1. The van der Waals surface area contributed by atoms with Crippen LogP contribution in [0.2, 0.25) is 0 Å². The van der Waals surface area contributed by atoms with Crippen molar-refractivity contribution in [1.29, 1.82) is 0 Å². The van der Waals surface area contributed by atoms with Gasteiger partial charge in [0.1, 0.15) is 6.54 Å². The highest BCUT2D eigenvalue weighted by molar-refractivity contribution is 7.90. The Kier molecular flexibility index (Phi) is 7.52. The fourth-order valence-corrected chi connectivity index (χ4v) is 4.93. The van der Waals surface area contributed by atoms with E-state index in [1.807, 2.05) is 6.07 Å². The van der Waals surface area contributed by atoms with Gasteiger partial charge in [0.2, 0.25) is 0 Å². The minimum Gasteiger partial charge on any atom is -0.382 e. The summed E-state index contributed by atoms with van der Waals surface area (Å²) in [5.74, 6) is 6.07. The van der Waals surface area contributed by atoms with Crippen molar-refractivity contribution in [2.75, 3.05) is 43.6 Å². The summed E-state index contributed by atoms with van der Waals surface area (Å²) in [5, 5.41) is 7.39. The van der Waals surface area contributed by atoms with E-state index >= 15 is 0 Å². The van der Waals surface area contributed by atoms with Crippen molar-refractivity contribution in [3.8, 4) is 11.8 Å². The molecule has 192 valence electrons. The molecule has 0 saturated carbocycles. The van der Waals surface area contributed by atoms with Crippen molar-refractivity contribution in [3.63, 3.8) is 0 Å². The number of piperidine rings is 1. The van der Waals surface area contributed by atoms with Crippen LogP contribution < -0.4 is 10.6 Å². The number of hydrogen-bond acceptors (Lipinski definition) is 5. The van der Waals surface area contributed by atoms with Crippen LogP contribution >= 0.6 is 0 Å². The average Bonchev–Trinajstić information content (AvgIpc) is 3.19. The van der Waals surface area contributed by atoms with E-state index in [-0.39, 0.29) is 17.5 Å². The van der Waals surface area contributed by atoms with Gasteiger partial charge < -0.3 is 20.1 Å². The minimum atomic E-state index is -4.33. The Balaban J connectivity index is 1.55. The van der Waals surface area contributed by atoms with E-state index < -0.39 is 22.6 Å². The molecule has 1 fully saturated rings.